The molecule has 3 N–H and O–H groups in total. The van der Waals surface area contributed by atoms with Crippen LogP contribution in [-0.4, -0.2) is 11.9 Å². The number of nitrogens with two attached hydrogens (primary N) is 1. The third-order valence-corrected chi connectivity index (χ3v) is 4.61. The number of nitrogens with one attached hydrogen (secondary N) is 1. The van der Waals surface area contributed by atoms with Gasteiger partial charge in [-0.3, -0.25) is 4.79 Å². The highest BCUT2D eigenvalue weighted by Gasteiger charge is 2.27. The molecule has 0 aliphatic carbocycles. The SMILES string of the molecule is CCC(CC)[NH2+][C@H](C(=O)Nc1cc(C)ccc1C)c1ccccc1. The van der Waals surface area contributed by atoms with Crippen LogP contribution in [0.3, 0.4) is 0 Å². The fourth-order valence-electron chi connectivity index (χ4n) is 2.92. The van der Waals surface area contributed by atoms with E-state index in [2.05, 4.69) is 30.5 Å². The van der Waals surface area contributed by atoms with Crippen molar-refractivity contribution < 1.29 is 10.1 Å². The third-order valence-electron chi connectivity index (χ3n) is 4.61. The first-order valence-corrected chi connectivity index (χ1v) is 8.83. The van der Waals surface area contributed by atoms with Gasteiger partial charge in [0.1, 0.15) is 0 Å². The lowest BCUT2D eigenvalue weighted by Crippen LogP contribution is -2.92. The summed E-state index contributed by atoms with van der Waals surface area (Å²) in [5, 5.41) is 5.34. The molecule has 24 heavy (non-hydrogen) atoms. The summed E-state index contributed by atoms with van der Waals surface area (Å²) < 4.78 is 0. The van der Waals surface area contributed by atoms with Gasteiger partial charge >= 0.3 is 0 Å². The Balaban J connectivity index is 2.25. The van der Waals surface area contributed by atoms with Crippen LogP contribution in [0.2, 0.25) is 0 Å². The molecule has 0 unspecified atom stereocenters. The molecule has 1 amide bonds. The van der Waals surface area contributed by atoms with Crippen molar-refractivity contribution in [2.75, 3.05) is 5.32 Å². The molecule has 0 heterocycles. The molecule has 0 aliphatic heterocycles. The van der Waals surface area contributed by atoms with Gasteiger partial charge in [-0.15, -0.1) is 0 Å². The highest BCUT2D eigenvalue weighted by molar-refractivity contribution is 5.95. The quantitative estimate of drug-likeness (QED) is 0.800. The van der Waals surface area contributed by atoms with Crippen molar-refractivity contribution >= 4 is 11.6 Å². The van der Waals surface area contributed by atoms with Gasteiger partial charge in [-0.25, -0.2) is 0 Å². The summed E-state index contributed by atoms with van der Waals surface area (Å²) in [5.41, 5.74) is 4.19. The fourth-order valence-corrected chi connectivity index (χ4v) is 2.92. The Morgan fingerprint density at radius 1 is 1.04 bits per heavy atom. The van der Waals surface area contributed by atoms with E-state index < -0.39 is 0 Å². The second-order valence-electron chi connectivity index (χ2n) is 6.47. The molecule has 1 atom stereocenters. The zero-order chi connectivity index (χ0) is 17.5. The number of quaternary nitrogens is 1. The molecule has 2 aromatic carbocycles. The van der Waals surface area contributed by atoms with Crippen LogP contribution in [-0.2, 0) is 4.79 Å². The van der Waals surface area contributed by atoms with Gasteiger partial charge in [0.05, 0.1) is 6.04 Å². The molecular weight excluding hydrogens is 296 g/mol. The number of carbonyl (C=O) groups is 1. The molecule has 0 bridgehead atoms. The molecular formula is C21H29N2O+. The van der Waals surface area contributed by atoms with Gasteiger partial charge < -0.3 is 10.6 Å². The lowest BCUT2D eigenvalue weighted by Gasteiger charge is -2.21. The third kappa shape index (κ3) is 4.68. The van der Waals surface area contributed by atoms with Crippen molar-refractivity contribution in [3.8, 4) is 0 Å². The molecule has 3 heteroatoms. The van der Waals surface area contributed by atoms with E-state index in [-0.39, 0.29) is 11.9 Å². The molecule has 0 radical (unpaired) electrons. The minimum absolute atomic E-state index is 0.0433. The first-order valence-electron chi connectivity index (χ1n) is 8.83. The Hall–Kier alpha value is -2.13. The summed E-state index contributed by atoms with van der Waals surface area (Å²) >= 11 is 0. The number of hydrogen-bond donors (Lipinski definition) is 2. The van der Waals surface area contributed by atoms with E-state index in [9.17, 15) is 4.79 Å². The fraction of sp³-hybridized carbons (Fsp3) is 0.381. The number of rotatable bonds is 7. The molecule has 0 aliphatic rings. The summed E-state index contributed by atoms with van der Waals surface area (Å²) in [5.74, 6) is 0.0433. The maximum Gasteiger partial charge on any atom is 0.287 e. The van der Waals surface area contributed by atoms with Crippen molar-refractivity contribution in [2.24, 2.45) is 0 Å². The highest BCUT2D eigenvalue weighted by Crippen LogP contribution is 2.19. The zero-order valence-electron chi connectivity index (χ0n) is 15.2. The number of carbonyl (C=O) groups excluding carboxylic acids is 1. The molecule has 0 saturated carbocycles. The maximum absolute atomic E-state index is 13.0. The van der Waals surface area contributed by atoms with E-state index in [1.165, 1.54) is 0 Å². The Kier molecular flexibility index (Phi) is 6.56. The predicted molar refractivity (Wildman–Crippen MR) is 100 cm³/mol. The molecule has 0 saturated heterocycles. The number of hydrogen-bond acceptors (Lipinski definition) is 1. The van der Waals surface area contributed by atoms with E-state index in [0.29, 0.717) is 6.04 Å². The van der Waals surface area contributed by atoms with E-state index in [4.69, 9.17) is 0 Å². The van der Waals surface area contributed by atoms with Crippen molar-refractivity contribution in [1.29, 1.82) is 0 Å². The topological polar surface area (TPSA) is 45.7 Å². The summed E-state index contributed by atoms with van der Waals surface area (Å²) in [7, 11) is 0. The first kappa shape index (κ1) is 18.2. The summed E-state index contributed by atoms with van der Waals surface area (Å²) in [6, 6.07) is 16.4. The molecule has 128 valence electrons. The molecule has 0 spiro atoms. The normalized spacial score (nSPS) is 12.2. The number of amides is 1. The Labute approximate surface area is 145 Å². The van der Waals surface area contributed by atoms with Crippen LogP contribution in [0.15, 0.2) is 48.5 Å². The molecule has 2 rings (SSSR count). The van der Waals surface area contributed by atoms with E-state index in [1.807, 2.05) is 56.3 Å². The van der Waals surface area contributed by atoms with Gasteiger partial charge in [-0.2, -0.15) is 0 Å². The van der Waals surface area contributed by atoms with Crippen LogP contribution >= 0.6 is 0 Å². The van der Waals surface area contributed by atoms with Gasteiger partial charge in [0.2, 0.25) is 0 Å². The van der Waals surface area contributed by atoms with Crippen molar-refractivity contribution in [2.45, 2.75) is 52.6 Å². The van der Waals surface area contributed by atoms with Crippen LogP contribution < -0.4 is 10.6 Å². The van der Waals surface area contributed by atoms with E-state index >= 15 is 0 Å². The van der Waals surface area contributed by atoms with Crippen molar-refractivity contribution in [3.63, 3.8) is 0 Å². The average molecular weight is 325 g/mol. The molecule has 0 fully saturated rings. The maximum atomic E-state index is 13.0. The standard InChI is InChI=1S/C21H28N2O/c1-5-18(6-2)22-20(17-10-8-7-9-11-17)21(24)23-19-14-15(3)12-13-16(19)4/h7-14,18,20,22H,5-6H2,1-4H3,(H,23,24)/p+1/t20-/m0/s1. The minimum atomic E-state index is -0.226. The van der Waals surface area contributed by atoms with Crippen molar-refractivity contribution in [3.05, 3.63) is 65.2 Å². The number of anilines is 1. The molecule has 2 aromatic rings. The monoisotopic (exact) mass is 325 g/mol. The van der Waals surface area contributed by atoms with Gasteiger partial charge in [0, 0.05) is 11.3 Å². The molecule has 3 nitrogen and oxygen atoms in total. The smallest absolute Gasteiger partial charge is 0.287 e. The van der Waals surface area contributed by atoms with Crippen LogP contribution in [0.25, 0.3) is 0 Å². The molecule has 0 aromatic heterocycles. The zero-order valence-corrected chi connectivity index (χ0v) is 15.2. The predicted octanol–water partition coefficient (Wildman–Crippen LogP) is 3.74. The summed E-state index contributed by atoms with van der Waals surface area (Å²) in [6.07, 6.45) is 2.10. The number of aryl methyl sites for hydroxylation is 2. The second kappa shape index (κ2) is 8.65. The number of benzene rings is 2. The lowest BCUT2D eigenvalue weighted by molar-refractivity contribution is -0.715. The Morgan fingerprint density at radius 2 is 1.71 bits per heavy atom. The Morgan fingerprint density at radius 3 is 2.33 bits per heavy atom. The van der Waals surface area contributed by atoms with Gasteiger partial charge in [0.25, 0.3) is 5.91 Å². The van der Waals surface area contributed by atoms with Crippen molar-refractivity contribution in [1.82, 2.24) is 0 Å². The lowest BCUT2D eigenvalue weighted by atomic mass is 10.0. The van der Waals surface area contributed by atoms with Gasteiger partial charge in [0.15, 0.2) is 6.04 Å². The Bertz CT molecular complexity index is 663. The van der Waals surface area contributed by atoms with Gasteiger partial charge in [-0.1, -0.05) is 56.3 Å². The van der Waals surface area contributed by atoms with E-state index in [0.717, 1.165) is 35.2 Å². The first-order chi connectivity index (χ1) is 11.5. The summed E-state index contributed by atoms with van der Waals surface area (Å²) in [4.78, 5) is 13.0. The largest absolute Gasteiger partial charge is 0.330 e. The van der Waals surface area contributed by atoms with Crippen LogP contribution in [0, 0.1) is 13.8 Å². The summed E-state index contributed by atoms with van der Waals surface area (Å²) in [6.45, 7) is 8.42. The van der Waals surface area contributed by atoms with Crippen LogP contribution in [0.1, 0.15) is 49.4 Å². The van der Waals surface area contributed by atoms with Crippen LogP contribution in [0.5, 0.6) is 0 Å². The van der Waals surface area contributed by atoms with Crippen LogP contribution in [0.4, 0.5) is 5.69 Å². The van der Waals surface area contributed by atoms with E-state index in [1.54, 1.807) is 0 Å². The highest BCUT2D eigenvalue weighted by atomic mass is 16.2. The minimum Gasteiger partial charge on any atom is -0.330 e. The average Bonchev–Trinajstić information content (AvgIpc) is 2.60. The van der Waals surface area contributed by atoms with Gasteiger partial charge in [-0.05, 0) is 43.9 Å². The second-order valence-corrected chi connectivity index (χ2v) is 6.47.